The number of nitrogens with one attached hydrogen (secondary N) is 1. The SMILES string of the molecule is CCN1CCC(C(=O)NC(c2ccc3c(c2)OCO3)c2ccccn2)CC1. The molecule has 0 spiro atoms. The minimum Gasteiger partial charge on any atom is -0.454 e. The molecule has 0 saturated carbocycles. The lowest BCUT2D eigenvalue weighted by Gasteiger charge is -2.31. The van der Waals surface area contributed by atoms with Crippen molar-refractivity contribution in [3.63, 3.8) is 0 Å². The Morgan fingerprint density at radius 1 is 1.22 bits per heavy atom. The third-order valence-corrected chi connectivity index (χ3v) is 5.41. The van der Waals surface area contributed by atoms with Crippen molar-refractivity contribution in [3.05, 3.63) is 53.9 Å². The molecule has 2 aliphatic rings. The summed E-state index contributed by atoms with van der Waals surface area (Å²) < 4.78 is 10.9. The van der Waals surface area contributed by atoms with Gasteiger partial charge in [0.1, 0.15) is 0 Å². The minimum absolute atomic E-state index is 0.0491. The number of likely N-dealkylation sites (tertiary alicyclic amines) is 1. The normalized spacial score (nSPS) is 18.3. The Bertz CT molecular complexity index is 789. The Morgan fingerprint density at radius 3 is 2.78 bits per heavy atom. The number of carbonyl (C=O) groups is 1. The van der Waals surface area contributed by atoms with Gasteiger partial charge in [0.15, 0.2) is 11.5 Å². The average Bonchev–Trinajstić information content (AvgIpc) is 3.20. The van der Waals surface area contributed by atoms with Gasteiger partial charge in [0.05, 0.1) is 11.7 Å². The highest BCUT2D eigenvalue weighted by molar-refractivity contribution is 5.79. The minimum atomic E-state index is -0.308. The summed E-state index contributed by atoms with van der Waals surface area (Å²) in [5.74, 6) is 1.59. The highest BCUT2D eigenvalue weighted by atomic mass is 16.7. The van der Waals surface area contributed by atoms with E-state index in [9.17, 15) is 4.79 Å². The summed E-state index contributed by atoms with van der Waals surface area (Å²) in [5.41, 5.74) is 1.76. The van der Waals surface area contributed by atoms with E-state index in [2.05, 4.69) is 22.1 Å². The topological polar surface area (TPSA) is 63.7 Å². The van der Waals surface area contributed by atoms with Crippen LogP contribution in [0.4, 0.5) is 0 Å². The molecular weight excluding hydrogens is 342 g/mol. The van der Waals surface area contributed by atoms with Crippen molar-refractivity contribution in [3.8, 4) is 11.5 Å². The molecule has 0 radical (unpaired) electrons. The first-order chi connectivity index (χ1) is 13.2. The molecule has 0 bridgehead atoms. The second-order valence-corrected chi connectivity index (χ2v) is 7.02. The number of aromatic nitrogens is 1. The summed E-state index contributed by atoms with van der Waals surface area (Å²) in [6.07, 6.45) is 3.55. The van der Waals surface area contributed by atoms with Gasteiger partial charge in [-0.2, -0.15) is 0 Å². The number of hydrogen-bond acceptors (Lipinski definition) is 5. The zero-order chi connectivity index (χ0) is 18.6. The fourth-order valence-electron chi connectivity index (χ4n) is 3.74. The molecule has 1 aromatic carbocycles. The van der Waals surface area contributed by atoms with Gasteiger partial charge in [-0.1, -0.05) is 19.1 Å². The van der Waals surface area contributed by atoms with Crippen LogP contribution < -0.4 is 14.8 Å². The number of benzene rings is 1. The smallest absolute Gasteiger partial charge is 0.231 e. The fourth-order valence-corrected chi connectivity index (χ4v) is 3.74. The first-order valence-corrected chi connectivity index (χ1v) is 9.58. The molecule has 1 unspecified atom stereocenters. The van der Waals surface area contributed by atoms with Crippen molar-refractivity contribution in [2.24, 2.45) is 5.92 Å². The van der Waals surface area contributed by atoms with Crippen LogP contribution in [-0.2, 0) is 4.79 Å². The maximum absolute atomic E-state index is 13.0. The molecule has 1 aromatic heterocycles. The van der Waals surface area contributed by atoms with Gasteiger partial charge in [-0.05, 0) is 62.3 Å². The van der Waals surface area contributed by atoms with Crippen LogP contribution in [0, 0.1) is 5.92 Å². The van der Waals surface area contributed by atoms with Crippen LogP contribution in [0.25, 0.3) is 0 Å². The molecule has 6 nitrogen and oxygen atoms in total. The number of rotatable bonds is 5. The van der Waals surface area contributed by atoms with E-state index in [0.717, 1.165) is 49.5 Å². The van der Waals surface area contributed by atoms with Crippen molar-refractivity contribution < 1.29 is 14.3 Å². The van der Waals surface area contributed by atoms with E-state index in [1.54, 1.807) is 6.20 Å². The van der Waals surface area contributed by atoms with Crippen LogP contribution >= 0.6 is 0 Å². The molecule has 1 saturated heterocycles. The van der Waals surface area contributed by atoms with Crippen LogP contribution in [0.5, 0.6) is 11.5 Å². The first-order valence-electron chi connectivity index (χ1n) is 9.58. The lowest BCUT2D eigenvalue weighted by molar-refractivity contribution is -0.127. The van der Waals surface area contributed by atoms with Gasteiger partial charge in [-0.15, -0.1) is 0 Å². The van der Waals surface area contributed by atoms with Crippen molar-refractivity contribution in [1.29, 1.82) is 0 Å². The van der Waals surface area contributed by atoms with E-state index < -0.39 is 0 Å². The Labute approximate surface area is 159 Å². The third kappa shape index (κ3) is 3.90. The Hall–Kier alpha value is -2.60. The summed E-state index contributed by atoms with van der Waals surface area (Å²) in [6.45, 7) is 5.40. The van der Waals surface area contributed by atoms with Crippen molar-refractivity contribution in [2.45, 2.75) is 25.8 Å². The zero-order valence-corrected chi connectivity index (χ0v) is 15.6. The van der Waals surface area contributed by atoms with Crippen molar-refractivity contribution >= 4 is 5.91 Å². The number of nitrogens with zero attached hydrogens (tertiary/aromatic N) is 2. The zero-order valence-electron chi connectivity index (χ0n) is 15.6. The van der Waals surface area contributed by atoms with E-state index in [4.69, 9.17) is 9.47 Å². The standard InChI is InChI=1S/C21H25N3O3/c1-2-24-11-8-15(9-12-24)21(25)23-20(17-5-3-4-10-22-17)16-6-7-18-19(13-16)27-14-26-18/h3-7,10,13,15,20H,2,8-9,11-12,14H2,1H3,(H,23,25). The Balaban J connectivity index is 1.55. The summed E-state index contributed by atoms with van der Waals surface area (Å²) >= 11 is 0. The molecule has 3 heterocycles. The maximum Gasteiger partial charge on any atom is 0.231 e. The molecule has 27 heavy (non-hydrogen) atoms. The van der Waals surface area contributed by atoms with Crippen molar-refractivity contribution in [2.75, 3.05) is 26.4 Å². The second-order valence-electron chi connectivity index (χ2n) is 7.02. The van der Waals surface area contributed by atoms with Gasteiger partial charge < -0.3 is 19.7 Å². The number of ether oxygens (including phenoxy) is 2. The molecule has 142 valence electrons. The quantitative estimate of drug-likeness (QED) is 0.880. The van der Waals surface area contributed by atoms with Gasteiger partial charge in [0, 0.05) is 12.1 Å². The van der Waals surface area contributed by atoms with Gasteiger partial charge in [-0.25, -0.2) is 0 Å². The lowest BCUT2D eigenvalue weighted by atomic mass is 9.94. The number of amides is 1. The van der Waals surface area contributed by atoms with Crippen LogP contribution in [0.3, 0.4) is 0 Å². The number of carbonyl (C=O) groups excluding carboxylic acids is 1. The fraction of sp³-hybridized carbons (Fsp3) is 0.429. The molecule has 2 aliphatic heterocycles. The van der Waals surface area contributed by atoms with E-state index in [0.29, 0.717) is 5.75 Å². The first kappa shape index (κ1) is 17.8. The number of piperidine rings is 1. The van der Waals surface area contributed by atoms with Gasteiger partial charge in [0.25, 0.3) is 0 Å². The highest BCUT2D eigenvalue weighted by Crippen LogP contribution is 2.35. The van der Waals surface area contributed by atoms with E-state index in [1.165, 1.54) is 0 Å². The molecule has 2 aromatic rings. The largest absolute Gasteiger partial charge is 0.454 e. The molecule has 0 aliphatic carbocycles. The summed E-state index contributed by atoms with van der Waals surface area (Å²) in [7, 11) is 0. The predicted molar refractivity (Wildman–Crippen MR) is 102 cm³/mol. The monoisotopic (exact) mass is 367 g/mol. The molecule has 1 fully saturated rings. The maximum atomic E-state index is 13.0. The molecular formula is C21H25N3O3. The Kier molecular flexibility index (Phi) is 5.25. The number of pyridine rings is 1. The van der Waals surface area contributed by atoms with E-state index >= 15 is 0 Å². The predicted octanol–water partition coefficient (Wildman–Crippen LogP) is 2.75. The van der Waals surface area contributed by atoms with E-state index in [1.807, 2.05) is 36.4 Å². The molecule has 1 amide bonds. The van der Waals surface area contributed by atoms with Crippen molar-refractivity contribution in [1.82, 2.24) is 15.2 Å². The average molecular weight is 367 g/mol. The van der Waals surface area contributed by atoms with Crippen LogP contribution in [0.1, 0.15) is 37.1 Å². The Morgan fingerprint density at radius 2 is 2.04 bits per heavy atom. The lowest BCUT2D eigenvalue weighted by Crippen LogP contribution is -2.41. The summed E-state index contributed by atoms with van der Waals surface area (Å²) in [6, 6.07) is 11.2. The molecule has 4 rings (SSSR count). The van der Waals surface area contributed by atoms with Crippen LogP contribution in [0.15, 0.2) is 42.6 Å². The van der Waals surface area contributed by atoms with Gasteiger partial charge >= 0.3 is 0 Å². The summed E-state index contributed by atoms with van der Waals surface area (Å²) in [5, 5.41) is 3.23. The molecule has 1 atom stereocenters. The number of hydrogen-bond donors (Lipinski definition) is 1. The molecule has 1 N–H and O–H groups in total. The van der Waals surface area contributed by atoms with Crippen LogP contribution in [-0.4, -0.2) is 42.2 Å². The second kappa shape index (κ2) is 7.96. The van der Waals surface area contributed by atoms with Gasteiger partial charge in [0.2, 0.25) is 12.7 Å². The highest BCUT2D eigenvalue weighted by Gasteiger charge is 2.28. The van der Waals surface area contributed by atoms with Gasteiger partial charge in [-0.3, -0.25) is 9.78 Å². The number of fused-ring (bicyclic) bond motifs is 1. The van der Waals surface area contributed by atoms with Crippen LogP contribution in [0.2, 0.25) is 0 Å². The third-order valence-electron chi connectivity index (χ3n) is 5.41. The van der Waals surface area contributed by atoms with E-state index in [-0.39, 0.29) is 24.7 Å². The molecule has 6 heteroatoms. The summed E-state index contributed by atoms with van der Waals surface area (Å²) in [4.78, 5) is 19.8.